The molecule has 1 heterocycles. The van der Waals surface area contributed by atoms with Crippen LogP contribution in [0, 0.1) is 5.92 Å². The second kappa shape index (κ2) is 7.93. The van der Waals surface area contributed by atoms with Gasteiger partial charge < -0.3 is 9.84 Å². The van der Waals surface area contributed by atoms with E-state index in [1.165, 1.54) is 19.3 Å². The molecular formula is C25H36O3. The maximum atomic E-state index is 12.1. The SMILES string of the molecule is CCCCCC=CC(C)(C)c1cc(O)c2c(c1)OC(C)(C)[C@H]1CCC(=O)C[C@@H]21. The number of ether oxygens (including phenoxy) is 1. The third-order valence-corrected chi connectivity index (χ3v) is 6.68. The van der Waals surface area contributed by atoms with Crippen LogP contribution in [-0.2, 0) is 10.2 Å². The molecule has 1 saturated carbocycles. The Balaban J connectivity index is 1.92. The molecule has 1 N–H and O–H groups in total. The molecule has 1 aliphatic heterocycles. The van der Waals surface area contributed by atoms with E-state index in [0.29, 0.717) is 18.6 Å². The fraction of sp³-hybridized carbons (Fsp3) is 0.640. The first-order chi connectivity index (χ1) is 13.2. The van der Waals surface area contributed by atoms with E-state index >= 15 is 0 Å². The fourth-order valence-electron chi connectivity index (χ4n) is 4.93. The van der Waals surface area contributed by atoms with E-state index in [2.05, 4.69) is 52.8 Å². The molecule has 0 aromatic heterocycles. The summed E-state index contributed by atoms with van der Waals surface area (Å²) in [7, 11) is 0. The minimum absolute atomic E-state index is 0.0572. The molecule has 2 atom stereocenters. The van der Waals surface area contributed by atoms with Crippen LogP contribution in [0.4, 0.5) is 0 Å². The molecule has 28 heavy (non-hydrogen) atoms. The van der Waals surface area contributed by atoms with E-state index in [9.17, 15) is 9.90 Å². The van der Waals surface area contributed by atoms with E-state index in [-0.39, 0.29) is 28.6 Å². The van der Waals surface area contributed by atoms with Crippen molar-refractivity contribution in [1.82, 2.24) is 0 Å². The second-order valence-electron chi connectivity index (χ2n) is 9.73. The normalized spacial score (nSPS) is 24.0. The standard InChI is InChI=1S/C25H36O3/c1-6-7-8-9-10-13-24(2,3)17-14-21(27)23-19-16-18(26)11-12-20(19)25(4,5)28-22(23)15-17/h10,13-15,19-20,27H,6-9,11-12,16H2,1-5H3/t19-,20+/m1/s1. The Morgan fingerprint density at radius 1 is 1.29 bits per heavy atom. The van der Waals surface area contributed by atoms with Gasteiger partial charge in [-0.05, 0) is 50.8 Å². The molecule has 1 aromatic rings. The summed E-state index contributed by atoms with van der Waals surface area (Å²) in [6.07, 6.45) is 11.3. The minimum atomic E-state index is -0.330. The lowest BCUT2D eigenvalue weighted by atomic mass is 9.66. The van der Waals surface area contributed by atoms with Crippen LogP contribution in [0.3, 0.4) is 0 Å². The Morgan fingerprint density at radius 2 is 2.04 bits per heavy atom. The van der Waals surface area contributed by atoms with Crippen LogP contribution in [0.5, 0.6) is 11.5 Å². The van der Waals surface area contributed by atoms with Crippen molar-refractivity contribution in [3.8, 4) is 11.5 Å². The fourth-order valence-corrected chi connectivity index (χ4v) is 4.93. The molecule has 154 valence electrons. The number of phenols is 1. The lowest BCUT2D eigenvalue weighted by Crippen LogP contribution is -2.47. The van der Waals surface area contributed by atoms with Crippen molar-refractivity contribution in [2.75, 3.05) is 0 Å². The quantitative estimate of drug-likeness (QED) is 0.454. The zero-order chi connectivity index (χ0) is 20.5. The highest BCUT2D eigenvalue weighted by molar-refractivity contribution is 5.81. The second-order valence-corrected chi connectivity index (χ2v) is 9.73. The first-order valence-corrected chi connectivity index (χ1v) is 10.9. The number of benzene rings is 1. The summed E-state index contributed by atoms with van der Waals surface area (Å²) in [6.45, 7) is 10.8. The van der Waals surface area contributed by atoms with Crippen LogP contribution in [0.25, 0.3) is 0 Å². The molecular weight excluding hydrogens is 348 g/mol. The average Bonchev–Trinajstić information content (AvgIpc) is 2.60. The van der Waals surface area contributed by atoms with E-state index < -0.39 is 0 Å². The van der Waals surface area contributed by atoms with Crippen molar-refractivity contribution < 1.29 is 14.6 Å². The monoisotopic (exact) mass is 384 g/mol. The molecule has 0 spiro atoms. The first kappa shape index (κ1) is 21.0. The number of carbonyl (C=O) groups is 1. The summed E-state index contributed by atoms with van der Waals surface area (Å²) < 4.78 is 6.40. The number of Topliss-reactive ketones (excluding diaryl/α,β-unsaturated/α-hetero) is 1. The molecule has 0 bridgehead atoms. The van der Waals surface area contributed by atoms with Gasteiger partial charge in [0.05, 0.1) is 0 Å². The molecule has 1 fully saturated rings. The molecule has 0 radical (unpaired) electrons. The average molecular weight is 385 g/mol. The van der Waals surface area contributed by atoms with Gasteiger partial charge in [0, 0.05) is 35.7 Å². The van der Waals surface area contributed by atoms with Gasteiger partial charge in [0.2, 0.25) is 0 Å². The number of phenolic OH excluding ortho intramolecular Hbond substituents is 1. The van der Waals surface area contributed by atoms with Gasteiger partial charge in [-0.3, -0.25) is 4.79 Å². The molecule has 1 aliphatic carbocycles. The van der Waals surface area contributed by atoms with Crippen molar-refractivity contribution in [3.63, 3.8) is 0 Å². The van der Waals surface area contributed by atoms with Crippen LogP contribution in [-0.4, -0.2) is 16.5 Å². The van der Waals surface area contributed by atoms with Gasteiger partial charge in [-0.25, -0.2) is 0 Å². The van der Waals surface area contributed by atoms with Gasteiger partial charge in [-0.15, -0.1) is 0 Å². The van der Waals surface area contributed by atoms with E-state index in [1.54, 1.807) is 0 Å². The van der Waals surface area contributed by atoms with E-state index in [1.807, 2.05) is 6.07 Å². The van der Waals surface area contributed by atoms with E-state index in [4.69, 9.17) is 4.74 Å². The Labute approximate surface area is 170 Å². The summed E-state index contributed by atoms with van der Waals surface area (Å²) in [5.74, 6) is 1.65. The number of carbonyl (C=O) groups excluding carboxylic acids is 1. The lowest BCUT2D eigenvalue weighted by Gasteiger charge is -2.47. The van der Waals surface area contributed by atoms with Crippen molar-refractivity contribution in [1.29, 1.82) is 0 Å². The highest BCUT2D eigenvalue weighted by atomic mass is 16.5. The molecule has 0 saturated heterocycles. The van der Waals surface area contributed by atoms with Gasteiger partial charge in [-0.1, -0.05) is 45.8 Å². The van der Waals surface area contributed by atoms with Crippen molar-refractivity contribution in [2.24, 2.45) is 5.92 Å². The first-order valence-electron chi connectivity index (χ1n) is 10.9. The van der Waals surface area contributed by atoms with Gasteiger partial charge in [0.1, 0.15) is 22.9 Å². The van der Waals surface area contributed by atoms with Crippen LogP contribution in [0.15, 0.2) is 24.3 Å². The van der Waals surface area contributed by atoms with Crippen molar-refractivity contribution in [2.45, 2.75) is 96.5 Å². The largest absolute Gasteiger partial charge is 0.508 e. The third kappa shape index (κ3) is 4.14. The molecule has 3 nitrogen and oxygen atoms in total. The summed E-state index contributed by atoms with van der Waals surface area (Å²) in [4.78, 5) is 12.1. The minimum Gasteiger partial charge on any atom is -0.508 e. The van der Waals surface area contributed by atoms with Gasteiger partial charge in [-0.2, -0.15) is 0 Å². The van der Waals surface area contributed by atoms with Crippen molar-refractivity contribution in [3.05, 3.63) is 35.4 Å². The number of aromatic hydroxyl groups is 1. The predicted molar refractivity (Wildman–Crippen MR) is 114 cm³/mol. The van der Waals surface area contributed by atoms with E-state index in [0.717, 1.165) is 29.7 Å². The van der Waals surface area contributed by atoms with Gasteiger partial charge in [0.15, 0.2) is 0 Å². The summed E-state index contributed by atoms with van der Waals surface area (Å²) in [5, 5.41) is 10.9. The zero-order valence-corrected chi connectivity index (χ0v) is 18.2. The summed E-state index contributed by atoms with van der Waals surface area (Å²) in [6, 6.07) is 3.97. The van der Waals surface area contributed by atoms with Gasteiger partial charge in [0.25, 0.3) is 0 Å². The topological polar surface area (TPSA) is 46.5 Å². The highest BCUT2D eigenvalue weighted by Gasteiger charge is 2.47. The highest BCUT2D eigenvalue weighted by Crippen LogP contribution is 2.54. The van der Waals surface area contributed by atoms with Crippen LogP contribution in [0.2, 0.25) is 0 Å². The van der Waals surface area contributed by atoms with Crippen LogP contribution < -0.4 is 4.74 Å². The molecule has 0 unspecified atom stereocenters. The zero-order valence-electron chi connectivity index (χ0n) is 18.2. The Kier molecular flexibility index (Phi) is 5.93. The molecule has 2 aliphatic rings. The lowest BCUT2D eigenvalue weighted by molar-refractivity contribution is -0.124. The predicted octanol–water partition coefficient (Wildman–Crippen LogP) is 6.43. The molecule has 3 heteroatoms. The summed E-state index contributed by atoms with van der Waals surface area (Å²) in [5.41, 5.74) is 1.37. The number of fused-ring (bicyclic) bond motifs is 3. The third-order valence-electron chi connectivity index (χ3n) is 6.68. The number of allylic oxidation sites excluding steroid dienone is 2. The molecule has 0 amide bonds. The number of hydrogen-bond acceptors (Lipinski definition) is 3. The number of hydrogen-bond donors (Lipinski definition) is 1. The maximum Gasteiger partial charge on any atom is 0.133 e. The smallest absolute Gasteiger partial charge is 0.133 e. The number of rotatable bonds is 6. The number of ketones is 1. The molecule has 1 aromatic carbocycles. The number of unbranched alkanes of at least 4 members (excludes halogenated alkanes) is 3. The Morgan fingerprint density at radius 3 is 2.75 bits per heavy atom. The van der Waals surface area contributed by atoms with Crippen molar-refractivity contribution >= 4 is 5.78 Å². The molecule has 3 rings (SSSR count). The summed E-state index contributed by atoms with van der Waals surface area (Å²) >= 11 is 0. The maximum absolute atomic E-state index is 12.1. The van der Waals surface area contributed by atoms with Crippen LogP contribution in [0.1, 0.15) is 96.6 Å². The Hall–Kier alpha value is -1.77. The Bertz CT molecular complexity index is 757. The van der Waals surface area contributed by atoms with Gasteiger partial charge >= 0.3 is 0 Å². The van der Waals surface area contributed by atoms with Crippen LogP contribution >= 0.6 is 0 Å².